The number of nitrogens with one attached hydrogen (secondary N) is 3. The number of hydrogen-bond donors (Lipinski definition) is 5. The molecule has 17 nitrogen and oxygen atoms in total. The summed E-state index contributed by atoms with van der Waals surface area (Å²) in [6.07, 6.45) is 8.53. The predicted octanol–water partition coefficient (Wildman–Crippen LogP) is 0.967. The van der Waals surface area contributed by atoms with Crippen molar-refractivity contribution < 1.29 is 42.2 Å². The van der Waals surface area contributed by atoms with E-state index in [0.717, 1.165) is 44.9 Å². The second-order valence-electron chi connectivity index (χ2n) is 15.9. The van der Waals surface area contributed by atoms with Crippen LogP contribution in [-0.2, 0) is 39.5 Å². The molecule has 0 radical (unpaired) electrons. The van der Waals surface area contributed by atoms with Crippen molar-refractivity contribution in [2.24, 2.45) is 11.7 Å². The van der Waals surface area contributed by atoms with Crippen LogP contribution in [0.4, 0.5) is 0 Å². The molecule has 18 heteroatoms. The maximum absolute atomic E-state index is 14.8. The number of aliphatic hydroxyl groups is 1. The fourth-order valence-electron chi connectivity index (χ4n) is 8.04. The monoisotopic (exact) mass is 784 g/mol. The summed E-state index contributed by atoms with van der Waals surface area (Å²) in [5.74, 6) is -3.83. The molecule has 4 fully saturated rings. The third-order valence-corrected chi connectivity index (χ3v) is 12.8. The number of rotatable bonds is 14. The van der Waals surface area contributed by atoms with Gasteiger partial charge in [0.15, 0.2) is 0 Å². The Labute approximate surface area is 320 Å². The number of likely N-dealkylation sites (tertiary alicyclic amines) is 1. The van der Waals surface area contributed by atoms with Gasteiger partial charge in [0.2, 0.25) is 27.6 Å². The fraction of sp³-hybridized carbons (Fsp3) is 0.649. The molecule has 2 aromatic rings. The molecule has 0 bridgehead atoms. The van der Waals surface area contributed by atoms with Gasteiger partial charge < -0.3 is 31.1 Å². The van der Waals surface area contributed by atoms with E-state index in [1.54, 1.807) is 13.8 Å². The lowest BCUT2D eigenvalue weighted by Crippen LogP contribution is -2.62. The Balaban J connectivity index is 1.30. The largest absolute Gasteiger partial charge is 0.384 e. The molecule has 2 unspecified atom stereocenters. The van der Waals surface area contributed by atoms with Crippen molar-refractivity contribution in [3.05, 3.63) is 41.7 Å². The molecule has 6 N–H and O–H groups in total. The maximum Gasteiger partial charge on any atom is 0.287 e. The molecule has 3 heterocycles. The lowest BCUT2D eigenvalue weighted by Gasteiger charge is -2.35. The Morgan fingerprint density at radius 2 is 1.73 bits per heavy atom. The fourth-order valence-corrected chi connectivity index (χ4v) is 9.35. The van der Waals surface area contributed by atoms with Crippen molar-refractivity contribution in [2.75, 3.05) is 19.8 Å². The Kier molecular flexibility index (Phi) is 12.1. The average Bonchev–Trinajstić information content (AvgIpc) is 3.68. The number of hydrogen-bond acceptors (Lipinski definition) is 11. The number of Topliss-reactive ketones (excluding diaryl/α,β-unsaturated/α-hetero) is 1. The highest BCUT2D eigenvalue weighted by molar-refractivity contribution is 7.89. The molecule has 6 rings (SSSR count). The number of benzene rings is 1. The van der Waals surface area contributed by atoms with Crippen LogP contribution in [0.25, 0.3) is 0 Å². The molecule has 1 aromatic heterocycles. The summed E-state index contributed by atoms with van der Waals surface area (Å²) in [6.45, 7) is 3.52. The van der Waals surface area contributed by atoms with E-state index in [9.17, 15) is 37.5 Å². The van der Waals surface area contributed by atoms with Crippen molar-refractivity contribution in [3.63, 3.8) is 0 Å². The van der Waals surface area contributed by atoms with Crippen molar-refractivity contribution in [2.45, 2.75) is 131 Å². The summed E-state index contributed by atoms with van der Waals surface area (Å²) in [4.78, 5) is 70.0. The van der Waals surface area contributed by atoms with Crippen LogP contribution in [0, 0.1) is 5.92 Å². The summed E-state index contributed by atoms with van der Waals surface area (Å²) < 4.78 is 35.1. The molecule has 4 atom stereocenters. The van der Waals surface area contributed by atoms with E-state index in [2.05, 4.69) is 25.7 Å². The molecule has 2 saturated carbocycles. The van der Waals surface area contributed by atoms with Crippen LogP contribution in [0.3, 0.4) is 0 Å². The standard InChI is InChI=1S/C37H52N8O9S/c1-36(2,51)30-21-39-43-45(30)26-20-29(34(49)41-37(31(46)32(38)47)15-6-17-54-18-16-37)44(22-26)35(50)28(19-23-7-4-3-5-8-23)40-33(48)24-9-13-27(14-10-24)55(52,53)42-25-11-12-25/h9-10,13-14,21,23,25-26,28-29,42,51H,3-8,11-12,15-20,22H2,1-2H3,(H2,38,47)(H,40,48)(H,41,49)/t26-,28?,29-,37?/m0/s1. The van der Waals surface area contributed by atoms with Gasteiger partial charge >= 0.3 is 0 Å². The van der Waals surface area contributed by atoms with Gasteiger partial charge in [-0.05, 0) is 76.1 Å². The van der Waals surface area contributed by atoms with Gasteiger partial charge in [-0.2, -0.15) is 0 Å². The highest BCUT2D eigenvalue weighted by Crippen LogP contribution is 2.34. The summed E-state index contributed by atoms with van der Waals surface area (Å²) in [6, 6.07) is 2.54. The van der Waals surface area contributed by atoms with Crippen LogP contribution in [0.1, 0.15) is 113 Å². The van der Waals surface area contributed by atoms with Crippen LogP contribution in [-0.4, -0.2) is 106 Å². The minimum atomic E-state index is -3.75. The highest BCUT2D eigenvalue weighted by atomic mass is 32.2. The smallest absolute Gasteiger partial charge is 0.287 e. The van der Waals surface area contributed by atoms with Crippen LogP contribution in [0.2, 0.25) is 0 Å². The Morgan fingerprint density at radius 1 is 1.02 bits per heavy atom. The van der Waals surface area contributed by atoms with Gasteiger partial charge in [-0.15, -0.1) is 5.10 Å². The van der Waals surface area contributed by atoms with E-state index in [-0.39, 0.29) is 54.8 Å². The van der Waals surface area contributed by atoms with Crippen molar-refractivity contribution in [1.82, 2.24) is 35.2 Å². The van der Waals surface area contributed by atoms with Crippen LogP contribution < -0.4 is 21.1 Å². The number of primary amides is 1. The molecule has 2 aliphatic heterocycles. The summed E-state index contributed by atoms with van der Waals surface area (Å²) in [5, 5.41) is 24.8. The lowest BCUT2D eigenvalue weighted by atomic mass is 9.84. The van der Waals surface area contributed by atoms with E-state index >= 15 is 0 Å². The van der Waals surface area contributed by atoms with Crippen molar-refractivity contribution in [3.8, 4) is 0 Å². The Hall–Kier alpha value is -4.26. The quantitative estimate of drug-likeness (QED) is 0.169. The normalized spacial score (nSPS) is 24.5. The molecule has 2 saturated heterocycles. The van der Waals surface area contributed by atoms with Crippen LogP contribution in [0.5, 0.6) is 0 Å². The zero-order valence-corrected chi connectivity index (χ0v) is 32.2. The summed E-state index contributed by atoms with van der Waals surface area (Å²) in [7, 11) is -3.75. The van der Waals surface area contributed by atoms with Gasteiger partial charge in [0, 0.05) is 44.2 Å². The maximum atomic E-state index is 14.8. The van der Waals surface area contributed by atoms with E-state index in [1.165, 1.54) is 40.0 Å². The van der Waals surface area contributed by atoms with Crippen LogP contribution >= 0.6 is 0 Å². The number of nitrogens with two attached hydrogens (primary N) is 1. The first-order valence-corrected chi connectivity index (χ1v) is 20.7. The molecular formula is C37H52N8O9S. The van der Waals surface area contributed by atoms with E-state index in [1.807, 2.05) is 0 Å². The lowest BCUT2D eigenvalue weighted by molar-refractivity contribution is -0.145. The first-order valence-electron chi connectivity index (χ1n) is 19.2. The number of nitrogens with zero attached hydrogens (tertiary/aromatic N) is 4. The van der Waals surface area contributed by atoms with Gasteiger partial charge in [-0.25, -0.2) is 17.8 Å². The molecule has 4 aliphatic rings. The van der Waals surface area contributed by atoms with Gasteiger partial charge in [0.05, 0.1) is 22.8 Å². The second-order valence-corrected chi connectivity index (χ2v) is 17.6. The van der Waals surface area contributed by atoms with Crippen molar-refractivity contribution in [1.29, 1.82) is 0 Å². The van der Waals surface area contributed by atoms with Gasteiger partial charge in [-0.3, -0.25) is 24.0 Å². The number of carbonyl (C=O) groups excluding carboxylic acids is 5. The number of amides is 4. The minimum absolute atomic E-state index is 0.00757. The van der Waals surface area contributed by atoms with Gasteiger partial charge in [0.1, 0.15) is 23.2 Å². The first kappa shape index (κ1) is 40.4. The molecule has 1 aromatic carbocycles. The van der Waals surface area contributed by atoms with Gasteiger partial charge in [0.25, 0.3) is 11.8 Å². The second kappa shape index (κ2) is 16.5. The third kappa shape index (κ3) is 9.41. The SMILES string of the molecule is CC(C)(O)c1cnnn1[C@H]1C[C@@H](C(=O)NC2(C(=O)C(N)=O)CCCOCC2)N(C(=O)C(CC2CCCCC2)NC(=O)c2ccc(S(=O)(=O)NC3CC3)cc2)C1. The highest BCUT2D eigenvalue weighted by Gasteiger charge is 2.49. The van der Waals surface area contributed by atoms with E-state index in [0.29, 0.717) is 25.1 Å². The Morgan fingerprint density at radius 3 is 2.38 bits per heavy atom. The predicted molar refractivity (Wildman–Crippen MR) is 196 cm³/mol. The van der Waals surface area contributed by atoms with E-state index < -0.39 is 68.7 Å². The zero-order valence-electron chi connectivity index (χ0n) is 31.4. The van der Waals surface area contributed by atoms with Crippen molar-refractivity contribution >= 4 is 39.4 Å². The molecular weight excluding hydrogens is 733 g/mol. The molecule has 300 valence electrons. The summed E-state index contributed by atoms with van der Waals surface area (Å²) >= 11 is 0. The number of ketones is 1. The molecule has 4 amide bonds. The molecule has 0 spiro atoms. The summed E-state index contributed by atoms with van der Waals surface area (Å²) in [5.41, 5.74) is 2.97. The zero-order chi connectivity index (χ0) is 39.5. The number of ether oxygens (including phenoxy) is 1. The number of carbonyl (C=O) groups is 5. The van der Waals surface area contributed by atoms with Crippen LogP contribution in [0.15, 0.2) is 35.4 Å². The molecule has 55 heavy (non-hydrogen) atoms. The number of aromatic nitrogens is 3. The molecule has 2 aliphatic carbocycles. The Bertz CT molecular complexity index is 1860. The minimum Gasteiger partial charge on any atom is -0.384 e. The number of sulfonamides is 1. The third-order valence-electron chi connectivity index (χ3n) is 11.2. The topological polar surface area (TPSA) is 245 Å². The average molecular weight is 785 g/mol. The van der Waals surface area contributed by atoms with E-state index in [4.69, 9.17) is 10.5 Å². The first-order chi connectivity index (χ1) is 26.1. The van der Waals surface area contributed by atoms with Gasteiger partial charge in [-0.1, -0.05) is 37.3 Å².